The molecular formula is C23H15FN2O3. The zero-order valence-electron chi connectivity index (χ0n) is 15.4. The summed E-state index contributed by atoms with van der Waals surface area (Å²) < 4.78 is 19.6. The Bertz CT molecular complexity index is 1330. The Balaban J connectivity index is 1.84. The molecule has 0 fully saturated rings. The lowest BCUT2D eigenvalue weighted by molar-refractivity contribution is 0.0970. The number of hydrogen-bond donors (Lipinski definition) is 0. The van der Waals surface area contributed by atoms with Crippen molar-refractivity contribution in [3.63, 3.8) is 0 Å². The molecule has 5 nitrogen and oxygen atoms in total. The monoisotopic (exact) mass is 386 g/mol. The summed E-state index contributed by atoms with van der Waals surface area (Å²) in [7, 11) is 0. The third-order valence-corrected chi connectivity index (χ3v) is 5.10. The van der Waals surface area contributed by atoms with E-state index in [1.165, 1.54) is 17.0 Å². The molecule has 6 heteroatoms. The van der Waals surface area contributed by atoms with E-state index in [9.17, 15) is 14.0 Å². The number of anilines is 1. The molecule has 0 radical (unpaired) electrons. The van der Waals surface area contributed by atoms with Crippen LogP contribution in [0.3, 0.4) is 0 Å². The molecule has 2 aromatic carbocycles. The van der Waals surface area contributed by atoms with Gasteiger partial charge in [0, 0.05) is 6.20 Å². The Morgan fingerprint density at radius 1 is 1.03 bits per heavy atom. The molecule has 29 heavy (non-hydrogen) atoms. The van der Waals surface area contributed by atoms with E-state index < -0.39 is 23.2 Å². The molecule has 0 bridgehead atoms. The van der Waals surface area contributed by atoms with Gasteiger partial charge in [0.2, 0.25) is 5.76 Å². The van der Waals surface area contributed by atoms with E-state index >= 15 is 0 Å². The van der Waals surface area contributed by atoms with Gasteiger partial charge in [-0.25, -0.2) is 9.37 Å². The van der Waals surface area contributed by atoms with Crippen molar-refractivity contribution in [2.75, 3.05) is 4.90 Å². The first kappa shape index (κ1) is 17.3. The number of carbonyl (C=O) groups excluding carboxylic acids is 1. The first-order valence-corrected chi connectivity index (χ1v) is 9.12. The van der Waals surface area contributed by atoms with E-state index in [2.05, 4.69) is 4.98 Å². The average Bonchev–Trinajstić information content (AvgIpc) is 3.02. The molecule has 0 spiro atoms. The van der Waals surface area contributed by atoms with Crippen LogP contribution in [-0.2, 0) is 0 Å². The highest BCUT2D eigenvalue weighted by atomic mass is 19.1. The topological polar surface area (TPSA) is 63.4 Å². The van der Waals surface area contributed by atoms with Crippen LogP contribution < -0.4 is 10.3 Å². The molecule has 1 amide bonds. The Morgan fingerprint density at radius 3 is 2.59 bits per heavy atom. The fourth-order valence-electron chi connectivity index (χ4n) is 3.78. The fourth-order valence-corrected chi connectivity index (χ4v) is 3.78. The summed E-state index contributed by atoms with van der Waals surface area (Å²) in [5.41, 5.74) is 1.62. The highest BCUT2D eigenvalue weighted by molar-refractivity contribution is 6.10. The first-order valence-electron chi connectivity index (χ1n) is 9.12. The van der Waals surface area contributed by atoms with E-state index in [1.54, 1.807) is 12.3 Å². The zero-order valence-corrected chi connectivity index (χ0v) is 15.4. The Hall–Kier alpha value is -3.80. The van der Waals surface area contributed by atoms with Crippen LogP contribution in [0.2, 0.25) is 0 Å². The predicted octanol–water partition coefficient (Wildman–Crippen LogP) is 4.39. The smallest absolute Gasteiger partial charge is 0.296 e. The van der Waals surface area contributed by atoms with E-state index in [1.807, 2.05) is 43.3 Å². The van der Waals surface area contributed by atoms with Crippen LogP contribution in [0.15, 0.2) is 76.1 Å². The van der Waals surface area contributed by atoms with Crippen molar-refractivity contribution in [2.45, 2.75) is 13.0 Å². The van der Waals surface area contributed by atoms with Crippen LogP contribution in [0.4, 0.5) is 10.2 Å². The third kappa shape index (κ3) is 2.64. The highest BCUT2D eigenvalue weighted by Crippen LogP contribution is 2.40. The van der Waals surface area contributed by atoms with Crippen LogP contribution in [0.25, 0.3) is 11.0 Å². The molecule has 0 unspecified atom stereocenters. The summed E-state index contributed by atoms with van der Waals surface area (Å²) in [5, 5.41) is 0.108. The van der Waals surface area contributed by atoms with Crippen LogP contribution >= 0.6 is 0 Å². The number of rotatable bonds is 2. The molecular weight excluding hydrogens is 371 g/mol. The van der Waals surface area contributed by atoms with Gasteiger partial charge >= 0.3 is 0 Å². The first-order chi connectivity index (χ1) is 14.0. The van der Waals surface area contributed by atoms with E-state index in [0.29, 0.717) is 5.82 Å². The molecule has 4 aromatic rings. The van der Waals surface area contributed by atoms with Crippen molar-refractivity contribution in [3.05, 3.63) is 105 Å². The molecule has 142 valence electrons. The number of fused-ring (bicyclic) bond motifs is 2. The molecule has 1 atom stereocenters. The number of aromatic nitrogens is 1. The van der Waals surface area contributed by atoms with Gasteiger partial charge in [0.15, 0.2) is 5.43 Å². The maximum atomic E-state index is 13.8. The van der Waals surface area contributed by atoms with Gasteiger partial charge in [-0.05, 0) is 48.4 Å². The SMILES string of the molecule is Cc1ccnc(N2C(=O)c3oc4ccc(F)cc4c(=O)c3[C@@H]2c2ccccc2)c1. The van der Waals surface area contributed by atoms with Crippen molar-refractivity contribution in [2.24, 2.45) is 0 Å². The maximum Gasteiger partial charge on any atom is 0.296 e. The van der Waals surface area contributed by atoms with Crippen molar-refractivity contribution in [1.29, 1.82) is 0 Å². The molecule has 0 saturated carbocycles. The number of aryl methyl sites for hydroxylation is 1. The minimum absolute atomic E-state index is 0.0359. The highest BCUT2D eigenvalue weighted by Gasteiger charge is 2.44. The van der Waals surface area contributed by atoms with Gasteiger partial charge in [-0.2, -0.15) is 0 Å². The second-order valence-corrected chi connectivity index (χ2v) is 6.99. The summed E-state index contributed by atoms with van der Waals surface area (Å²) in [6.07, 6.45) is 1.62. The average molecular weight is 386 g/mol. The Kier molecular flexibility index (Phi) is 3.81. The summed E-state index contributed by atoms with van der Waals surface area (Å²) in [6, 6.07) is 15.8. The number of amides is 1. The summed E-state index contributed by atoms with van der Waals surface area (Å²) >= 11 is 0. The lowest BCUT2D eigenvalue weighted by atomic mass is 9.98. The second kappa shape index (κ2) is 6.38. The molecule has 1 aliphatic heterocycles. The van der Waals surface area contributed by atoms with Crippen molar-refractivity contribution < 1.29 is 13.6 Å². The van der Waals surface area contributed by atoms with Crippen LogP contribution in [-0.4, -0.2) is 10.9 Å². The molecule has 0 aliphatic carbocycles. The van der Waals surface area contributed by atoms with Crippen LogP contribution in [0.1, 0.15) is 33.3 Å². The van der Waals surface area contributed by atoms with Crippen molar-refractivity contribution in [1.82, 2.24) is 4.98 Å². The van der Waals surface area contributed by atoms with Gasteiger partial charge < -0.3 is 4.42 Å². The van der Waals surface area contributed by atoms with Crippen LogP contribution in [0.5, 0.6) is 0 Å². The number of pyridine rings is 1. The van der Waals surface area contributed by atoms with Gasteiger partial charge in [-0.15, -0.1) is 0 Å². The number of hydrogen-bond acceptors (Lipinski definition) is 4. The van der Waals surface area contributed by atoms with Gasteiger partial charge in [0.1, 0.15) is 17.2 Å². The second-order valence-electron chi connectivity index (χ2n) is 6.99. The minimum atomic E-state index is -0.711. The van der Waals surface area contributed by atoms with E-state index in [-0.39, 0.29) is 22.3 Å². The third-order valence-electron chi connectivity index (χ3n) is 5.10. The molecule has 1 aliphatic rings. The molecule has 5 rings (SSSR count). The minimum Gasteiger partial charge on any atom is -0.450 e. The van der Waals surface area contributed by atoms with Crippen molar-refractivity contribution >= 4 is 22.7 Å². The summed E-state index contributed by atoms with van der Waals surface area (Å²) in [4.78, 5) is 32.5. The standard InChI is InChI=1S/C23H15FN2O3/c1-13-9-10-25-18(11-13)26-20(14-5-3-2-4-6-14)19-21(27)16-12-15(24)7-8-17(16)29-22(19)23(26)28/h2-12,20H,1H3/t20-/m0/s1. The normalized spacial score (nSPS) is 15.7. The number of nitrogens with zero attached hydrogens (tertiary/aromatic N) is 2. The molecule has 0 N–H and O–H groups in total. The molecule has 0 saturated heterocycles. The van der Waals surface area contributed by atoms with E-state index in [0.717, 1.165) is 17.2 Å². The quantitative estimate of drug-likeness (QED) is 0.513. The molecule has 2 aromatic heterocycles. The largest absolute Gasteiger partial charge is 0.450 e. The van der Waals surface area contributed by atoms with Gasteiger partial charge in [0.25, 0.3) is 5.91 Å². The van der Waals surface area contributed by atoms with Gasteiger partial charge in [0.05, 0.1) is 17.0 Å². The lowest BCUT2D eigenvalue weighted by Crippen LogP contribution is -2.30. The van der Waals surface area contributed by atoms with Crippen LogP contribution in [0, 0.1) is 12.7 Å². The Morgan fingerprint density at radius 2 is 1.83 bits per heavy atom. The zero-order chi connectivity index (χ0) is 20.1. The number of carbonyl (C=O) groups is 1. The number of halogens is 1. The molecule has 3 heterocycles. The van der Waals surface area contributed by atoms with Crippen molar-refractivity contribution in [3.8, 4) is 0 Å². The van der Waals surface area contributed by atoms with Gasteiger partial charge in [-0.3, -0.25) is 14.5 Å². The number of benzene rings is 2. The summed E-state index contributed by atoms with van der Waals surface area (Å²) in [5.74, 6) is -0.603. The fraction of sp³-hybridized carbons (Fsp3) is 0.0870. The van der Waals surface area contributed by atoms with E-state index in [4.69, 9.17) is 4.42 Å². The lowest BCUT2D eigenvalue weighted by Gasteiger charge is -2.24. The summed E-state index contributed by atoms with van der Waals surface area (Å²) in [6.45, 7) is 1.90. The maximum absolute atomic E-state index is 13.8. The predicted molar refractivity (Wildman–Crippen MR) is 107 cm³/mol. The van der Waals surface area contributed by atoms with Gasteiger partial charge in [-0.1, -0.05) is 30.3 Å². The Labute approximate surface area is 165 Å².